The van der Waals surface area contributed by atoms with Crippen LogP contribution >= 0.6 is 12.4 Å². The molecule has 0 radical (unpaired) electrons. The van der Waals surface area contributed by atoms with Gasteiger partial charge < -0.3 is 14.5 Å². The highest BCUT2D eigenvalue weighted by atomic mass is 35.5. The van der Waals surface area contributed by atoms with Crippen LogP contribution in [-0.2, 0) is 5.41 Å². The molecule has 1 atom stereocenters. The van der Waals surface area contributed by atoms with Crippen molar-refractivity contribution in [2.24, 2.45) is 0 Å². The Morgan fingerprint density at radius 2 is 1.53 bits per heavy atom. The van der Waals surface area contributed by atoms with Crippen LogP contribution < -0.4 is 4.74 Å². The summed E-state index contributed by atoms with van der Waals surface area (Å²) in [5.41, 5.74) is 3.71. The molecular weight excluding hydrogens is 468 g/mol. The lowest BCUT2D eigenvalue weighted by Crippen LogP contribution is -2.44. The highest BCUT2D eigenvalue weighted by Gasteiger charge is 2.32. The molecular formula is C31H39ClN2O2. The molecule has 5 heteroatoms. The third-order valence-electron chi connectivity index (χ3n) is 7.31. The third-order valence-corrected chi connectivity index (χ3v) is 7.31. The summed E-state index contributed by atoms with van der Waals surface area (Å²) in [7, 11) is 2.19. The molecule has 36 heavy (non-hydrogen) atoms. The molecule has 4 nitrogen and oxygen atoms in total. The smallest absolute Gasteiger partial charge is 0.164 e. The number of piperazine rings is 1. The molecule has 3 aromatic carbocycles. The number of hydrogen-bond acceptors (Lipinski definition) is 4. The van der Waals surface area contributed by atoms with Gasteiger partial charge in [-0.15, -0.1) is 12.4 Å². The van der Waals surface area contributed by atoms with Crippen molar-refractivity contribution in [3.63, 3.8) is 0 Å². The predicted octanol–water partition coefficient (Wildman–Crippen LogP) is 6.01. The molecule has 1 aliphatic heterocycles. The molecule has 1 unspecified atom stereocenters. The average molecular weight is 507 g/mol. The Balaban J connectivity index is 0.00000361. The van der Waals surface area contributed by atoms with Crippen molar-refractivity contribution < 1.29 is 9.53 Å². The highest BCUT2D eigenvalue weighted by molar-refractivity contribution is 5.97. The zero-order valence-electron chi connectivity index (χ0n) is 21.8. The van der Waals surface area contributed by atoms with Crippen LogP contribution in [0.4, 0.5) is 0 Å². The van der Waals surface area contributed by atoms with E-state index in [-0.39, 0.29) is 18.2 Å². The van der Waals surface area contributed by atoms with Gasteiger partial charge in [0.15, 0.2) is 5.78 Å². The van der Waals surface area contributed by atoms with Crippen LogP contribution in [0.3, 0.4) is 0 Å². The Morgan fingerprint density at radius 3 is 2.17 bits per heavy atom. The number of Topliss-reactive ketones (excluding diaryl/α,β-unsaturated/α-hetero) is 1. The SMILES string of the molecule is Cc1cc(C(C)(CC(=O)c2ccccc2)c2ccccc2)ccc1OCCCN1CCN(C)CC1.Cl. The summed E-state index contributed by atoms with van der Waals surface area (Å²) in [6, 6.07) is 26.4. The van der Waals surface area contributed by atoms with E-state index in [1.807, 2.05) is 48.5 Å². The van der Waals surface area contributed by atoms with E-state index in [9.17, 15) is 4.79 Å². The molecule has 3 aromatic rings. The number of carbonyl (C=O) groups is 1. The number of halogens is 1. The Hall–Kier alpha value is -2.66. The van der Waals surface area contributed by atoms with Crippen molar-refractivity contribution in [3.8, 4) is 5.75 Å². The van der Waals surface area contributed by atoms with Crippen molar-refractivity contribution in [2.45, 2.75) is 32.1 Å². The van der Waals surface area contributed by atoms with Crippen LogP contribution in [0.5, 0.6) is 5.75 Å². The van der Waals surface area contributed by atoms with E-state index in [2.05, 4.69) is 61.0 Å². The van der Waals surface area contributed by atoms with Gasteiger partial charge in [0, 0.05) is 50.1 Å². The monoisotopic (exact) mass is 506 g/mol. The molecule has 1 heterocycles. The lowest BCUT2D eigenvalue weighted by Gasteiger charge is -2.32. The zero-order chi connectivity index (χ0) is 24.7. The molecule has 0 spiro atoms. The summed E-state index contributed by atoms with van der Waals surface area (Å²) < 4.78 is 6.17. The van der Waals surface area contributed by atoms with E-state index in [1.165, 1.54) is 0 Å². The Morgan fingerprint density at radius 1 is 0.889 bits per heavy atom. The average Bonchev–Trinajstić information content (AvgIpc) is 2.89. The number of aryl methyl sites for hydroxylation is 1. The molecule has 1 aliphatic rings. The maximum Gasteiger partial charge on any atom is 0.164 e. The molecule has 0 N–H and O–H groups in total. The number of ether oxygens (including phenoxy) is 1. The van der Waals surface area contributed by atoms with Crippen LogP contribution in [0.1, 0.15) is 46.8 Å². The van der Waals surface area contributed by atoms with E-state index < -0.39 is 5.41 Å². The second-order valence-electron chi connectivity index (χ2n) is 9.99. The second-order valence-corrected chi connectivity index (χ2v) is 9.99. The molecule has 4 rings (SSSR count). The lowest BCUT2D eigenvalue weighted by molar-refractivity contribution is 0.0962. The normalized spacial score (nSPS) is 16.1. The number of hydrogen-bond donors (Lipinski definition) is 0. The summed E-state index contributed by atoms with van der Waals surface area (Å²) >= 11 is 0. The van der Waals surface area contributed by atoms with Gasteiger partial charge in [0.2, 0.25) is 0 Å². The minimum Gasteiger partial charge on any atom is -0.493 e. The number of ketones is 1. The predicted molar refractivity (Wildman–Crippen MR) is 151 cm³/mol. The van der Waals surface area contributed by atoms with Gasteiger partial charge in [-0.05, 0) is 43.1 Å². The molecule has 1 saturated heterocycles. The van der Waals surface area contributed by atoms with Crippen molar-refractivity contribution in [3.05, 3.63) is 101 Å². The van der Waals surface area contributed by atoms with Crippen LogP contribution in [0.2, 0.25) is 0 Å². The van der Waals surface area contributed by atoms with Gasteiger partial charge in [0.1, 0.15) is 5.75 Å². The largest absolute Gasteiger partial charge is 0.493 e. The van der Waals surface area contributed by atoms with Gasteiger partial charge in [-0.25, -0.2) is 0 Å². The van der Waals surface area contributed by atoms with Crippen LogP contribution in [0, 0.1) is 6.92 Å². The van der Waals surface area contributed by atoms with Crippen LogP contribution in [-0.4, -0.2) is 62.0 Å². The molecule has 0 amide bonds. The summed E-state index contributed by atoms with van der Waals surface area (Å²) in [5.74, 6) is 1.08. The van der Waals surface area contributed by atoms with Crippen LogP contribution in [0.15, 0.2) is 78.9 Å². The summed E-state index contributed by atoms with van der Waals surface area (Å²) in [4.78, 5) is 18.2. The maximum atomic E-state index is 13.3. The summed E-state index contributed by atoms with van der Waals surface area (Å²) in [5, 5.41) is 0. The minimum atomic E-state index is -0.432. The molecule has 0 aliphatic carbocycles. The molecule has 0 aromatic heterocycles. The lowest BCUT2D eigenvalue weighted by atomic mass is 9.72. The van der Waals surface area contributed by atoms with Gasteiger partial charge in [-0.1, -0.05) is 79.7 Å². The highest BCUT2D eigenvalue weighted by Crippen LogP contribution is 2.38. The first-order valence-electron chi connectivity index (χ1n) is 12.7. The summed E-state index contributed by atoms with van der Waals surface area (Å²) in [6.07, 6.45) is 1.43. The maximum absolute atomic E-state index is 13.3. The Bertz CT molecular complexity index is 1100. The first kappa shape index (κ1) is 27.9. The van der Waals surface area contributed by atoms with E-state index in [4.69, 9.17) is 4.74 Å². The molecule has 0 bridgehead atoms. The number of rotatable bonds is 10. The van der Waals surface area contributed by atoms with Crippen molar-refractivity contribution >= 4 is 18.2 Å². The van der Waals surface area contributed by atoms with Gasteiger partial charge >= 0.3 is 0 Å². The first-order valence-corrected chi connectivity index (χ1v) is 12.7. The van der Waals surface area contributed by atoms with Gasteiger partial charge in [0.05, 0.1) is 6.61 Å². The molecule has 0 saturated carbocycles. The third kappa shape index (κ3) is 6.97. The van der Waals surface area contributed by atoms with E-state index in [0.717, 1.165) is 73.8 Å². The van der Waals surface area contributed by atoms with Gasteiger partial charge in [-0.3, -0.25) is 4.79 Å². The minimum absolute atomic E-state index is 0. The quantitative estimate of drug-likeness (QED) is 0.249. The van der Waals surface area contributed by atoms with Crippen molar-refractivity contribution in [1.29, 1.82) is 0 Å². The summed E-state index contributed by atoms with van der Waals surface area (Å²) in [6.45, 7) is 10.7. The van der Waals surface area contributed by atoms with Crippen LogP contribution in [0.25, 0.3) is 0 Å². The fourth-order valence-electron chi connectivity index (χ4n) is 4.92. The number of likely N-dealkylation sites (N-methyl/N-ethyl adjacent to an activating group) is 1. The Labute approximate surface area is 222 Å². The molecule has 1 fully saturated rings. The number of nitrogens with zero attached hydrogens (tertiary/aromatic N) is 2. The van der Waals surface area contributed by atoms with Gasteiger partial charge in [0.25, 0.3) is 0 Å². The topological polar surface area (TPSA) is 32.8 Å². The molecule has 192 valence electrons. The fourth-order valence-corrected chi connectivity index (χ4v) is 4.92. The van der Waals surface area contributed by atoms with Gasteiger partial charge in [-0.2, -0.15) is 0 Å². The number of benzene rings is 3. The second kappa shape index (κ2) is 13.0. The standard InChI is InChI=1S/C31H38N2O2.ClH/c1-25-23-28(15-16-30(25)35-22-10-17-33-20-18-32(3)19-21-33)31(2,27-13-8-5-9-14-27)24-29(34)26-11-6-4-7-12-26;/h4-9,11-16,23H,10,17-22,24H2,1-3H3;1H. The first-order chi connectivity index (χ1) is 17.0. The number of carbonyl (C=O) groups excluding carboxylic acids is 1. The Kier molecular flexibility index (Phi) is 10.1. The fraction of sp³-hybridized carbons (Fsp3) is 0.387. The van der Waals surface area contributed by atoms with Crippen molar-refractivity contribution in [2.75, 3.05) is 46.4 Å². The van der Waals surface area contributed by atoms with E-state index >= 15 is 0 Å². The zero-order valence-corrected chi connectivity index (χ0v) is 22.6. The van der Waals surface area contributed by atoms with E-state index in [0.29, 0.717) is 6.42 Å². The van der Waals surface area contributed by atoms with E-state index in [1.54, 1.807) is 0 Å². The van der Waals surface area contributed by atoms with Crippen molar-refractivity contribution in [1.82, 2.24) is 9.80 Å².